The molecule has 0 aliphatic heterocycles. The lowest BCUT2D eigenvalue weighted by Gasteiger charge is -2.07. The molecule has 2 aromatic carbocycles. The molecule has 1 N–H and O–H groups in total. The lowest BCUT2D eigenvalue weighted by Crippen LogP contribution is -2.10. The third kappa shape index (κ3) is 5.25. The Hall–Kier alpha value is -2.07. The maximum Gasteiger partial charge on any atom is 0.224 e. The number of rotatable bonds is 7. The summed E-state index contributed by atoms with van der Waals surface area (Å²) >= 11 is 1.55. The molecule has 23 heavy (non-hydrogen) atoms. The van der Waals surface area contributed by atoms with Gasteiger partial charge in [-0.15, -0.1) is 11.8 Å². The van der Waals surface area contributed by atoms with Crippen LogP contribution in [-0.4, -0.2) is 17.4 Å². The number of carbonyl (C=O) groups is 2. The SMILES string of the molecule is CCCC(=O)Nc1ccc(C(=O)CSc2ccccc2C)cc1. The van der Waals surface area contributed by atoms with Crippen LogP contribution in [0.4, 0.5) is 5.69 Å². The molecular formula is C19H21NO2S. The average Bonchev–Trinajstić information content (AvgIpc) is 2.55. The molecule has 0 saturated heterocycles. The van der Waals surface area contributed by atoms with Gasteiger partial charge in [-0.05, 0) is 49.2 Å². The highest BCUT2D eigenvalue weighted by Crippen LogP contribution is 2.23. The van der Waals surface area contributed by atoms with Crippen LogP contribution >= 0.6 is 11.8 Å². The summed E-state index contributed by atoms with van der Waals surface area (Å²) in [5.74, 6) is 0.498. The van der Waals surface area contributed by atoms with Gasteiger partial charge < -0.3 is 5.32 Å². The molecule has 2 aromatic rings. The van der Waals surface area contributed by atoms with E-state index in [1.54, 1.807) is 36.0 Å². The van der Waals surface area contributed by atoms with E-state index >= 15 is 0 Å². The van der Waals surface area contributed by atoms with Crippen molar-refractivity contribution in [3.63, 3.8) is 0 Å². The molecule has 0 aromatic heterocycles. The number of hydrogen-bond acceptors (Lipinski definition) is 3. The molecule has 0 heterocycles. The minimum atomic E-state index is 0.00156. The van der Waals surface area contributed by atoms with Gasteiger partial charge in [-0.2, -0.15) is 0 Å². The topological polar surface area (TPSA) is 46.2 Å². The van der Waals surface area contributed by atoms with Crippen LogP contribution in [0.15, 0.2) is 53.4 Å². The molecule has 0 spiro atoms. The van der Waals surface area contributed by atoms with E-state index in [9.17, 15) is 9.59 Å². The fourth-order valence-corrected chi connectivity index (χ4v) is 3.06. The quantitative estimate of drug-likeness (QED) is 0.592. The maximum absolute atomic E-state index is 12.3. The maximum atomic E-state index is 12.3. The molecule has 4 heteroatoms. The van der Waals surface area contributed by atoms with Gasteiger partial charge in [-0.1, -0.05) is 25.1 Å². The lowest BCUT2D eigenvalue weighted by molar-refractivity contribution is -0.116. The van der Waals surface area contributed by atoms with E-state index in [0.29, 0.717) is 17.7 Å². The molecule has 0 aliphatic rings. The van der Waals surface area contributed by atoms with Gasteiger partial charge in [-0.25, -0.2) is 0 Å². The minimum Gasteiger partial charge on any atom is -0.326 e. The summed E-state index contributed by atoms with van der Waals surface area (Å²) < 4.78 is 0. The van der Waals surface area contributed by atoms with Crippen molar-refractivity contribution >= 4 is 29.1 Å². The first kappa shape index (κ1) is 17.3. The second-order valence-corrected chi connectivity index (χ2v) is 6.37. The van der Waals surface area contributed by atoms with Crippen LogP contribution in [0.3, 0.4) is 0 Å². The fourth-order valence-electron chi connectivity index (χ4n) is 2.14. The molecule has 2 rings (SSSR count). The van der Waals surface area contributed by atoms with Crippen LogP contribution in [0.2, 0.25) is 0 Å². The minimum absolute atomic E-state index is 0.00156. The molecule has 120 valence electrons. The van der Waals surface area contributed by atoms with Crippen LogP contribution in [0.1, 0.15) is 35.7 Å². The van der Waals surface area contributed by atoms with Crippen molar-refractivity contribution in [1.82, 2.24) is 0 Å². The molecule has 0 atom stereocenters. The van der Waals surface area contributed by atoms with E-state index in [1.807, 2.05) is 38.1 Å². The average molecular weight is 327 g/mol. The first-order valence-electron chi connectivity index (χ1n) is 7.71. The molecule has 0 unspecified atom stereocenters. The van der Waals surface area contributed by atoms with Crippen LogP contribution in [0.5, 0.6) is 0 Å². The highest BCUT2D eigenvalue weighted by atomic mass is 32.2. The number of Topliss-reactive ketones (excluding diaryl/α,β-unsaturated/α-hetero) is 1. The summed E-state index contributed by atoms with van der Waals surface area (Å²) in [7, 11) is 0. The molecular weight excluding hydrogens is 306 g/mol. The molecule has 3 nitrogen and oxygen atoms in total. The number of benzene rings is 2. The third-order valence-electron chi connectivity index (χ3n) is 3.42. The predicted molar refractivity (Wildman–Crippen MR) is 96.2 cm³/mol. The summed E-state index contributed by atoms with van der Waals surface area (Å²) in [5, 5.41) is 2.82. The molecule has 0 aliphatic carbocycles. The largest absolute Gasteiger partial charge is 0.326 e. The predicted octanol–water partition coefficient (Wildman–Crippen LogP) is 4.71. The van der Waals surface area contributed by atoms with E-state index in [0.717, 1.165) is 17.0 Å². The highest BCUT2D eigenvalue weighted by Gasteiger charge is 2.08. The van der Waals surface area contributed by atoms with E-state index in [-0.39, 0.29) is 11.7 Å². The Bertz CT molecular complexity index is 680. The van der Waals surface area contributed by atoms with Crippen molar-refractivity contribution in [2.75, 3.05) is 11.1 Å². The summed E-state index contributed by atoms with van der Waals surface area (Å²) in [6.07, 6.45) is 1.33. The summed E-state index contributed by atoms with van der Waals surface area (Å²) in [6, 6.07) is 15.1. The number of ketones is 1. The van der Waals surface area contributed by atoms with Crippen molar-refractivity contribution in [2.45, 2.75) is 31.6 Å². The van der Waals surface area contributed by atoms with E-state index < -0.39 is 0 Å². The van der Waals surface area contributed by atoms with Gasteiger partial charge in [0.05, 0.1) is 5.75 Å². The van der Waals surface area contributed by atoms with Crippen LogP contribution in [0.25, 0.3) is 0 Å². The highest BCUT2D eigenvalue weighted by molar-refractivity contribution is 8.00. The molecule has 1 amide bonds. The van der Waals surface area contributed by atoms with Crippen LogP contribution in [0, 0.1) is 6.92 Å². The number of aryl methyl sites for hydroxylation is 1. The first-order valence-corrected chi connectivity index (χ1v) is 8.70. The normalized spacial score (nSPS) is 10.3. The number of hydrogen-bond donors (Lipinski definition) is 1. The number of nitrogens with one attached hydrogen (secondary N) is 1. The Morgan fingerprint density at radius 3 is 2.39 bits per heavy atom. The molecule has 0 fully saturated rings. The standard InChI is InChI=1S/C19H21NO2S/c1-3-6-19(22)20-16-11-9-15(10-12-16)17(21)13-23-18-8-5-4-7-14(18)2/h4-5,7-12H,3,6,13H2,1-2H3,(H,20,22). The van der Waals surface area contributed by atoms with Crippen molar-refractivity contribution in [2.24, 2.45) is 0 Å². The van der Waals surface area contributed by atoms with Gasteiger partial charge in [0.25, 0.3) is 0 Å². The second-order valence-electron chi connectivity index (χ2n) is 5.35. The van der Waals surface area contributed by atoms with E-state index in [4.69, 9.17) is 0 Å². The Morgan fingerprint density at radius 2 is 1.74 bits per heavy atom. The van der Waals surface area contributed by atoms with Crippen molar-refractivity contribution < 1.29 is 9.59 Å². The second kappa shape index (κ2) is 8.53. The van der Waals surface area contributed by atoms with Crippen molar-refractivity contribution in [1.29, 1.82) is 0 Å². The van der Waals surface area contributed by atoms with Gasteiger partial charge >= 0.3 is 0 Å². The van der Waals surface area contributed by atoms with E-state index in [1.165, 1.54) is 5.56 Å². The molecule has 0 saturated carbocycles. The number of carbonyl (C=O) groups excluding carboxylic acids is 2. The Morgan fingerprint density at radius 1 is 1.04 bits per heavy atom. The van der Waals surface area contributed by atoms with Gasteiger partial charge in [0, 0.05) is 22.6 Å². The zero-order chi connectivity index (χ0) is 16.7. The number of anilines is 1. The monoisotopic (exact) mass is 327 g/mol. The fraction of sp³-hybridized carbons (Fsp3) is 0.263. The molecule has 0 radical (unpaired) electrons. The third-order valence-corrected chi connectivity index (χ3v) is 4.60. The van der Waals surface area contributed by atoms with Crippen LogP contribution in [-0.2, 0) is 4.79 Å². The Kier molecular flexibility index (Phi) is 6.41. The van der Waals surface area contributed by atoms with E-state index in [2.05, 4.69) is 5.32 Å². The smallest absolute Gasteiger partial charge is 0.224 e. The Balaban J connectivity index is 1.92. The summed E-state index contributed by atoms with van der Waals surface area (Å²) in [4.78, 5) is 24.9. The summed E-state index contributed by atoms with van der Waals surface area (Å²) in [6.45, 7) is 4.01. The lowest BCUT2D eigenvalue weighted by atomic mass is 10.1. The van der Waals surface area contributed by atoms with Crippen molar-refractivity contribution in [3.05, 3.63) is 59.7 Å². The Labute approximate surface area is 141 Å². The number of amides is 1. The van der Waals surface area contributed by atoms with Gasteiger partial charge in [0.1, 0.15) is 0 Å². The first-order chi connectivity index (χ1) is 11.1. The summed E-state index contributed by atoms with van der Waals surface area (Å²) in [5.41, 5.74) is 2.57. The van der Waals surface area contributed by atoms with Gasteiger partial charge in [0.15, 0.2) is 5.78 Å². The zero-order valence-electron chi connectivity index (χ0n) is 13.5. The van der Waals surface area contributed by atoms with Crippen LogP contribution < -0.4 is 5.32 Å². The molecule has 0 bridgehead atoms. The van der Waals surface area contributed by atoms with Gasteiger partial charge in [0.2, 0.25) is 5.91 Å². The zero-order valence-corrected chi connectivity index (χ0v) is 14.3. The van der Waals surface area contributed by atoms with Gasteiger partial charge in [-0.3, -0.25) is 9.59 Å². The van der Waals surface area contributed by atoms with Crippen molar-refractivity contribution in [3.8, 4) is 0 Å². The number of thioether (sulfide) groups is 1.